The number of aliphatic carboxylic acids is 1. The van der Waals surface area contributed by atoms with Crippen molar-refractivity contribution in [2.75, 3.05) is 11.9 Å². The molecule has 0 aliphatic rings. The van der Waals surface area contributed by atoms with Crippen LogP contribution in [-0.4, -0.2) is 35.3 Å². The number of hydrogen-bond donors (Lipinski definition) is 4. The monoisotopic (exact) mass is 345 g/mol. The fourth-order valence-corrected chi connectivity index (χ4v) is 2.30. The van der Waals surface area contributed by atoms with Gasteiger partial charge in [-0.05, 0) is 24.3 Å². The van der Waals surface area contributed by atoms with Crippen molar-refractivity contribution in [1.29, 1.82) is 5.41 Å². The van der Waals surface area contributed by atoms with E-state index >= 15 is 0 Å². The van der Waals surface area contributed by atoms with Gasteiger partial charge in [-0.3, -0.25) is 10.2 Å². The third kappa shape index (κ3) is 6.06. The van der Waals surface area contributed by atoms with Crippen molar-refractivity contribution in [3.8, 4) is 0 Å². The molecule has 0 fully saturated rings. The molecule has 6 heteroatoms. The predicted octanol–water partition coefficient (Wildman–Crippen LogP) is 3.05. The Bertz CT molecular complexity index is 648. The average molecular weight is 345 g/mol. The number of carboxylic acids is 1. The Morgan fingerprint density at radius 1 is 1.32 bits per heavy atom. The zero-order valence-electron chi connectivity index (χ0n) is 15.1. The molecular weight excluding hydrogens is 318 g/mol. The number of amides is 1. The Hall–Kier alpha value is -2.63. The second-order valence-electron chi connectivity index (χ2n) is 6.89. The van der Waals surface area contributed by atoms with Crippen molar-refractivity contribution < 1.29 is 14.7 Å². The highest BCUT2D eigenvalue weighted by Crippen LogP contribution is 2.20. The number of carbonyl (C=O) groups excluding carboxylic acids is 1. The van der Waals surface area contributed by atoms with E-state index in [0.717, 1.165) is 12.8 Å². The molecule has 0 aromatic heterocycles. The Labute approximate surface area is 148 Å². The first kappa shape index (κ1) is 20.4. The molecule has 0 spiro atoms. The molecule has 25 heavy (non-hydrogen) atoms. The van der Waals surface area contributed by atoms with Gasteiger partial charge in [0.25, 0.3) is 5.91 Å². The molecule has 1 aromatic rings. The van der Waals surface area contributed by atoms with E-state index in [9.17, 15) is 14.7 Å². The first-order valence-electron chi connectivity index (χ1n) is 8.25. The molecule has 0 aliphatic carbocycles. The molecule has 0 saturated heterocycles. The first-order chi connectivity index (χ1) is 11.7. The van der Waals surface area contributed by atoms with Gasteiger partial charge in [0.05, 0.1) is 0 Å². The second-order valence-corrected chi connectivity index (χ2v) is 6.89. The van der Waals surface area contributed by atoms with Gasteiger partial charge in [-0.2, -0.15) is 0 Å². The van der Waals surface area contributed by atoms with Crippen LogP contribution in [0.15, 0.2) is 36.9 Å². The van der Waals surface area contributed by atoms with Crippen molar-refractivity contribution in [2.24, 2.45) is 5.41 Å². The lowest BCUT2D eigenvalue weighted by Crippen LogP contribution is -2.51. The molecule has 0 aliphatic heterocycles. The van der Waals surface area contributed by atoms with Crippen molar-refractivity contribution in [3.05, 3.63) is 42.5 Å². The number of rotatable bonds is 9. The van der Waals surface area contributed by atoms with Crippen LogP contribution in [0.1, 0.15) is 39.2 Å². The van der Waals surface area contributed by atoms with Gasteiger partial charge in [0.2, 0.25) is 0 Å². The minimum Gasteiger partial charge on any atom is -0.480 e. The summed E-state index contributed by atoms with van der Waals surface area (Å²) in [4.78, 5) is 23.8. The number of anilines is 1. The topological polar surface area (TPSA) is 102 Å². The van der Waals surface area contributed by atoms with E-state index in [1.54, 1.807) is 39.0 Å². The molecule has 0 saturated carbocycles. The molecule has 1 atom stereocenters. The van der Waals surface area contributed by atoms with Crippen LogP contribution < -0.4 is 10.6 Å². The number of unbranched alkanes of at least 4 members (excludes halogenated alkanes) is 1. The van der Waals surface area contributed by atoms with Crippen LogP contribution in [-0.2, 0) is 9.59 Å². The molecule has 4 N–H and O–H groups in total. The number of benzene rings is 1. The standard InChI is InChI=1S/C19H27N3O3/c1-5-6-9-12-21-14-11-8-7-10-13(14)15(20)17(23)22-16(18(24)25)19(2,3)4/h5,7-8,10-11,16,20-21H,1,6,9,12H2,2-4H3,(H,22,23)(H,24,25). The van der Waals surface area contributed by atoms with Crippen molar-refractivity contribution in [1.82, 2.24) is 5.32 Å². The molecule has 1 rings (SSSR count). The van der Waals surface area contributed by atoms with E-state index in [0.29, 0.717) is 17.8 Å². The fourth-order valence-electron chi connectivity index (χ4n) is 2.30. The van der Waals surface area contributed by atoms with Crippen molar-refractivity contribution in [3.63, 3.8) is 0 Å². The van der Waals surface area contributed by atoms with Gasteiger partial charge >= 0.3 is 5.97 Å². The number of para-hydroxylation sites is 1. The van der Waals surface area contributed by atoms with Gasteiger partial charge in [-0.25, -0.2) is 4.79 Å². The van der Waals surface area contributed by atoms with E-state index in [1.165, 1.54) is 0 Å². The Morgan fingerprint density at radius 3 is 2.52 bits per heavy atom. The first-order valence-corrected chi connectivity index (χ1v) is 8.25. The minimum absolute atomic E-state index is 0.262. The zero-order valence-corrected chi connectivity index (χ0v) is 15.1. The maximum absolute atomic E-state index is 12.4. The quantitative estimate of drug-likeness (QED) is 0.314. The normalized spacial score (nSPS) is 12.1. The van der Waals surface area contributed by atoms with E-state index < -0.39 is 23.3 Å². The lowest BCUT2D eigenvalue weighted by atomic mass is 9.86. The molecule has 1 unspecified atom stereocenters. The molecule has 0 bridgehead atoms. The SMILES string of the molecule is C=CCCCNc1ccccc1C(=N)C(=O)NC(C(=O)O)C(C)(C)C. The predicted molar refractivity (Wildman–Crippen MR) is 100 cm³/mol. The summed E-state index contributed by atoms with van der Waals surface area (Å²) >= 11 is 0. The summed E-state index contributed by atoms with van der Waals surface area (Å²) in [6.45, 7) is 9.55. The van der Waals surface area contributed by atoms with Gasteiger partial charge < -0.3 is 15.7 Å². The summed E-state index contributed by atoms with van der Waals surface area (Å²) in [6, 6.07) is 5.95. The van der Waals surface area contributed by atoms with Crippen LogP contribution in [0, 0.1) is 10.8 Å². The van der Waals surface area contributed by atoms with E-state index in [4.69, 9.17) is 5.41 Å². The Balaban J connectivity index is 2.90. The third-order valence-corrected chi connectivity index (χ3v) is 3.71. The highest BCUT2D eigenvalue weighted by atomic mass is 16.4. The molecule has 0 radical (unpaired) electrons. The summed E-state index contributed by atoms with van der Waals surface area (Å²) in [5.74, 6) is -1.83. The number of carbonyl (C=O) groups is 2. The van der Waals surface area contributed by atoms with Gasteiger partial charge in [0, 0.05) is 17.8 Å². The maximum Gasteiger partial charge on any atom is 0.326 e. The molecule has 1 amide bonds. The summed E-state index contributed by atoms with van der Waals surface area (Å²) in [5, 5.41) is 23.2. The van der Waals surface area contributed by atoms with Crippen LogP contribution in [0.2, 0.25) is 0 Å². The lowest BCUT2D eigenvalue weighted by molar-refractivity contribution is -0.144. The van der Waals surface area contributed by atoms with E-state index in [-0.39, 0.29) is 5.71 Å². The van der Waals surface area contributed by atoms with Crippen LogP contribution in [0.5, 0.6) is 0 Å². The van der Waals surface area contributed by atoms with Gasteiger partial charge in [-0.15, -0.1) is 6.58 Å². The van der Waals surface area contributed by atoms with Gasteiger partial charge in [0.15, 0.2) is 0 Å². The summed E-state index contributed by atoms with van der Waals surface area (Å²) < 4.78 is 0. The van der Waals surface area contributed by atoms with E-state index in [2.05, 4.69) is 17.2 Å². The molecule has 1 aromatic carbocycles. The number of carboxylic acid groups (broad SMARTS) is 1. The summed E-state index contributed by atoms with van der Waals surface area (Å²) in [7, 11) is 0. The minimum atomic E-state index is -1.12. The van der Waals surface area contributed by atoms with Crippen LogP contribution >= 0.6 is 0 Å². The largest absolute Gasteiger partial charge is 0.480 e. The van der Waals surface area contributed by atoms with Crippen molar-refractivity contribution in [2.45, 2.75) is 39.7 Å². The second kappa shape index (κ2) is 9.01. The molecule has 0 heterocycles. The van der Waals surface area contributed by atoms with Crippen LogP contribution in [0.3, 0.4) is 0 Å². The van der Waals surface area contributed by atoms with Gasteiger partial charge in [-0.1, -0.05) is 45.0 Å². The molecular formula is C19H27N3O3. The molecule has 6 nitrogen and oxygen atoms in total. The van der Waals surface area contributed by atoms with Crippen LogP contribution in [0.4, 0.5) is 5.69 Å². The zero-order chi connectivity index (χ0) is 19.0. The highest BCUT2D eigenvalue weighted by molar-refractivity contribution is 6.45. The van der Waals surface area contributed by atoms with Gasteiger partial charge in [0.1, 0.15) is 11.8 Å². The van der Waals surface area contributed by atoms with E-state index in [1.807, 2.05) is 12.1 Å². The summed E-state index contributed by atoms with van der Waals surface area (Å²) in [6.07, 6.45) is 3.60. The van der Waals surface area contributed by atoms with Crippen molar-refractivity contribution >= 4 is 23.3 Å². The smallest absolute Gasteiger partial charge is 0.326 e. The maximum atomic E-state index is 12.4. The Kier molecular flexibility index (Phi) is 7.36. The third-order valence-electron chi connectivity index (χ3n) is 3.71. The highest BCUT2D eigenvalue weighted by Gasteiger charge is 2.33. The summed E-state index contributed by atoms with van der Waals surface area (Å²) in [5.41, 5.74) is 0.192. The number of hydrogen-bond acceptors (Lipinski definition) is 4. The fraction of sp³-hybridized carbons (Fsp3) is 0.421. The number of allylic oxidation sites excluding steroid dienone is 1. The number of nitrogens with one attached hydrogen (secondary N) is 3. The van der Waals surface area contributed by atoms with Crippen LogP contribution in [0.25, 0.3) is 0 Å². The average Bonchev–Trinajstić information content (AvgIpc) is 2.54. The molecule has 136 valence electrons. The Morgan fingerprint density at radius 2 is 1.96 bits per heavy atom. The lowest BCUT2D eigenvalue weighted by Gasteiger charge is -2.28.